The van der Waals surface area contributed by atoms with Gasteiger partial charge in [0.25, 0.3) is 5.91 Å². The Kier molecular flexibility index (Phi) is 12.1. The van der Waals surface area contributed by atoms with Crippen LogP contribution in [-0.4, -0.2) is 95.0 Å². The number of rotatable bonds is 15. The first-order valence-electron chi connectivity index (χ1n) is 17.0. The Morgan fingerprint density at radius 2 is 1.63 bits per heavy atom. The zero-order chi connectivity index (χ0) is 36.7. The lowest BCUT2D eigenvalue weighted by molar-refractivity contribution is -0.120. The Morgan fingerprint density at radius 1 is 0.961 bits per heavy atom. The third-order valence-electron chi connectivity index (χ3n) is 8.64. The standard InChI is InChI=1S/C38H46N6O6S/c1-26(2)23-43(51(48,49)31-17-15-30(50-5)16-18-31)25-35(45)34(21-28-11-7-6-8-12-28)41-37(46)36(27(3)4)44-20-19-42(38(44)47)24-29-22-39-32-13-9-10-14-33(32)40-29/h6-18,22,26,34-35,45H,19-21,23-25H2,1-5H3,(H,41,46)/t34-,35-/m0/s1. The monoisotopic (exact) mass is 714 g/mol. The molecule has 0 saturated carbocycles. The van der Waals surface area contributed by atoms with Gasteiger partial charge in [-0.3, -0.25) is 14.7 Å². The predicted molar refractivity (Wildman–Crippen MR) is 195 cm³/mol. The molecule has 1 saturated heterocycles. The van der Waals surface area contributed by atoms with Gasteiger partial charge in [-0.1, -0.05) is 56.3 Å². The van der Waals surface area contributed by atoms with Crippen LogP contribution in [0.3, 0.4) is 0 Å². The van der Waals surface area contributed by atoms with Crippen LogP contribution in [0.15, 0.2) is 101 Å². The molecule has 0 bridgehead atoms. The van der Waals surface area contributed by atoms with Crippen molar-refractivity contribution >= 4 is 33.0 Å². The summed E-state index contributed by atoms with van der Waals surface area (Å²) in [4.78, 5) is 40.1. The van der Waals surface area contributed by atoms with Gasteiger partial charge in [-0.2, -0.15) is 4.31 Å². The fourth-order valence-electron chi connectivity index (χ4n) is 6.12. The van der Waals surface area contributed by atoms with Crippen molar-refractivity contribution in [3.05, 3.63) is 108 Å². The van der Waals surface area contributed by atoms with Gasteiger partial charge in [0.05, 0.1) is 53.6 Å². The molecule has 1 aliphatic heterocycles. The lowest BCUT2D eigenvalue weighted by atomic mass is 10.0. The van der Waals surface area contributed by atoms with Gasteiger partial charge >= 0.3 is 6.03 Å². The third kappa shape index (κ3) is 9.09. The maximum absolute atomic E-state index is 14.1. The van der Waals surface area contributed by atoms with E-state index in [0.717, 1.165) is 16.6 Å². The average molecular weight is 715 g/mol. The molecule has 0 spiro atoms. The fourth-order valence-corrected chi connectivity index (χ4v) is 7.74. The molecule has 1 aromatic heterocycles. The molecule has 3 amide bonds. The fraction of sp³-hybridized carbons (Fsp3) is 0.368. The van der Waals surface area contributed by atoms with Crippen molar-refractivity contribution in [3.8, 4) is 5.75 Å². The summed E-state index contributed by atoms with van der Waals surface area (Å²) in [6, 6.07) is 21.7. The van der Waals surface area contributed by atoms with Crippen LogP contribution in [0, 0.1) is 5.92 Å². The molecular weight excluding hydrogens is 669 g/mol. The molecule has 2 atom stereocenters. The number of fused-ring (bicyclic) bond motifs is 1. The summed E-state index contributed by atoms with van der Waals surface area (Å²) in [5.74, 6) is -0.0643. The average Bonchev–Trinajstić information content (AvgIpc) is 3.46. The summed E-state index contributed by atoms with van der Waals surface area (Å²) in [7, 11) is -2.51. The molecular formula is C38H46N6O6S. The SMILES string of the molecule is COc1ccc(S(=O)(=O)N(CC(C)C)C[C@H](O)[C@H](Cc2ccccc2)NC(=O)C(=C(C)C)N2CCN(Cc3cnc4ccccc4n3)C2=O)cc1. The number of aromatic nitrogens is 2. The first-order chi connectivity index (χ1) is 24.4. The Bertz CT molecular complexity index is 1970. The summed E-state index contributed by atoms with van der Waals surface area (Å²) >= 11 is 0. The van der Waals surface area contributed by atoms with Crippen LogP contribution in [0.2, 0.25) is 0 Å². The number of aliphatic hydroxyl groups excluding tert-OH is 1. The van der Waals surface area contributed by atoms with Crippen molar-refractivity contribution in [1.82, 2.24) is 29.4 Å². The number of hydrogen-bond donors (Lipinski definition) is 2. The molecule has 270 valence electrons. The van der Waals surface area contributed by atoms with Crippen molar-refractivity contribution in [3.63, 3.8) is 0 Å². The number of amides is 3. The number of hydrogen-bond acceptors (Lipinski definition) is 8. The van der Waals surface area contributed by atoms with Crippen molar-refractivity contribution in [2.24, 2.45) is 5.92 Å². The highest BCUT2D eigenvalue weighted by Crippen LogP contribution is 2.24. The topological polar surface area (TPSA) is 145 Å². The molecule has 1 aliphatic rings. The first-order valence-corrected chi connectivity index (χ1v) is 18.4. The second kappa shape index (κ2) is 16.4. The molecule has 3 aromatic carbocycles. The zero-order valence-electron chi connectivity index (χ0n) is 29.7. The van der Waals surface area contributed by atoms with Gasteiger partial charge in [0, 0.05) is 26.2 Å². The number of allylic oxidation sites excluding steroid dienone is 1. The number of para-hydroxylation sites is 2. The van der Waals surface area contributed by atoms with Crippen molar-refractivity contribution in [2.45, 2.75) is 57.7 Å². The molecule has 51 heavy (non-hydrogen) atoms. The van der Waals surface area contributed by atoms with Crippen LogP contribution in [0.5, 0.6) is 5.75 Å². The Hall–Kier alpha value is -4.85. The molecule has 2 heterocycles. The van der Waals surface area contributed by atoms with Crippen LogP contribution < -0.4 is 10.1 Å². The van der Waals surface area contributed by atoms with E-state index in [1.807, 2.05) is 68.4 Å². The number of nitrogens with zero attached hydrogens (tertiary/aromatic N) is 5. The lowest BCUT2D eigenvalue weighted by Crippen LogP contribution is -2.52. The van der Waals surface area contributed by atoms with E-state index in [1.54, 1.807) is 37.1 Å². The van der Waals surface area contributed by atoms with E-state index < -0.39 is 28.1 Å². The summed E-state index contributed by atoms with van der Waals surface area (Å²) in [6.07, 6.45) is 0.583. The first kappa shape index (κ1) is 37.4. The number of aliphatic hydroxyl groups is 1. The number of methoxy groups -OCH3 is 1. The van der Waals surface area contributed by atoms with Crippen LogP contribution in [0.25, 0.3) is 11.0 Å². The van der Waals surface area contributed by atoms with Gasteiger partial charge in [0.1, 0.15) is 11.4 Å². The van der Waals surface area contributed by atoms with E-state index in [4.69, 9.17) is 4.74 Å². The number of benzene rings is 3. The number of sulfonamides is 1. The van der Waals surface area contributed by atoms with Gasteiger partial charge in [-0.25, -0.2) is 18.2 Å². The Balaban J connectivity index is 1.36. The molecule has 0 aliphatic carbocycles. The van der Waals surface area contributed by atoms with E-state index in [2.05, 4.69) is 15.3 Å². The van der Waals surface area contributed by atoms with Crippen molar-refractivity contribution < 1.29 is 27.9 Å². The van der Waals surface area contributed by atoms with Crippen molar-refractivity contribution in [1.29, 1.82) is 0 Å². The maximum Gasteiger partial charge on any atom is 0.325 e. The van der Waals surface area contributed by atoms with Crippen LogP contribution >= 0.6 is 0 Å². The van der Waals surface area contributed by atoms with E-state index in [-0.39, 0.29) is 55.1 Å². The molecule has 12 nitrogen and oxygen atoms in total. The maximum atomic E-state index is 14.1. The highest BCUT2D eigenvalue weighted by molar-refractivity contribution is 7.89. The van der Waals surface area contributed by atoms with Crippen LogP contribution in [0.4, 0.5) is 4.79 Å². The number of carbonyl (C=O) groups excluding carboxylic acids is 2. The van der Waals surface area contributed by atoms with Crippen molar-refractivity contribution in [2.75, 3.05) is 33.3 Å². The quantitative estimate of drug-likeness (QED) is 0.170. The normalized spacial score (nSPS) is 14.6. The predicted octanol–water partition coefficient (Wildman–Crippen LogP) is 4.61. The lowest BCUT2D eigenvalue weighted by Gasteiger charge is -2.31. The summed E-state index contributed by atoms with van der Waals surface area (Å²) in [6.45, 7) is 8.08. The third-order valence-corrected chi connectivity index (χ3v) is 10.5. The molecule has 13 heteroatoms. The van der Waals surface area contributed by atoms with E-state index in [0.29, 0.717) is 23.6 Å². The highest BCUT2D eigenvalue weighted by Gasteiger charge is 2.37. The Labute approximate surface area is 299 Å². The Morgan fingerprint density at radius 3 is 2.27 bits per heavy atom. The van der Waals surface area contributed by atoms with Crippen LogP contribution in [-0.2, 0) is 27.8 Å². The molecule has 0 radical (unpaired) electrons. The summed E-state index contributed by atoms with van der Waals surface area (Å²) < 4.78 is 34.2. The molecule has 4 aromatic rings. The number of nitrogens with one attached hydrogen (secondary N) is 1. The molecule has 1 fully saturated rings. The molecule has 0 unspecified atom stereocenters. The highest BCUT2D eigenvalue weighted by atomic mass is 32.2. The summed E-state index contributed by atoms with van der Waals surface area (Å²) in [5, 5.41) is 14.7. The van der Waals surface area contributed by atoms with Gasteiger partial charge in [-0.05, 0) is 73.7 Å². The number of carbonyl (C=O) groups is 2. The molecule has 2 N–H and O–H groups in total. The van der Waals surface area contributed by atoms with E-state index >= 15 is 0 Å². The smallest absolute Gasteiger partial charge is 0.325 e. The van der Waals surface area contributed by atoms with Gasteiger partial charge in [0.15, 0.2) is 0 Å². The minimum absolute atomic E-state index is 0.0469. The second-order valence-electron chi connectivity index (χ2n) is 13.3. The summed E-state index contributed by atoms with van der Waals surface area (Å²) in [5.41, 5.74) is 3.77. The zero-order valence-corrected chi connectivity index (χ0v) is 30.5. The van der Waals surface area contributed by atoms with Gasteiger partial charge in [-0.15, -0.1) is 0 Å². The van der Waals surface area contributed by atoms with Gasteiger partial charge < -0.3 is 20.1 Å². The second-order valence-corrected chi connectivity index (χ2v) is 15.2. The largest absolute Gasteiger partial charge is 0.497 e. The minimum atomic E-state index is -4.02. The molecule has 5 rings (SSSR count). The number of urea groups is 1. The van der Waals surface area contributed by atoms with Gasteiger partial charge in [0.2, 0.25) is 10.0 Å². The van der Waals surface area contributed by atoms with E-state index in [1.165, 1.54) is 28.4 Å². The minimum Gasteiger partial charge on any atom is -0.497 e. The van der Waals surface area contributed by atoms with Crippen LogP contribution in [0.1, 0.15) is 39.0 Å². The number of ether oxygens (including phenoxy) is 1. The van der Waals surface area contributed by atoms with E-state index in [9.17, 15) is 23.1 Å².